The van der Waals surface area contributed by atoms with E-state index >= 15 is 0 Å². The van der Waals surface area contributed by atoms with Crippen LogP contribution in [0.5, 0.6) is 0 Å². The molecule has 0 aliphatic rings. The van der Waals surface area contributed by atoms with Crippen molar-refractivity contribution in [2.75, 3.05) is 19.6 Å². The molecule has 0 radical (unpaired) electrons. The number of carbonyl (C=O) groups is 1. The van der Waals surface area contributed by atoms with Crippen molar-refractivity contribution in [3.8, 4) is 0 Å². The Bertz CT molecular complexity index is 929. The number of nitrogens with one attached hydrogen (secondary N) is 1. The largest absolute Gasteiger partial charge is 0.349 e. The van der Waals surface area contributed by atoms with Gasteiger partial charge in [0.25, 0.3) is 5.91 Å². The number of amides is 1. The summed E-state index contributed by atoms with van der Waals surface area (Å²) in [5, 5.41) is 8.43. The Hall–Kier alpha value is -1.83. The van der Waals surface area contributed by atoms with Gasteiger partial charge in [-0.2, -0.15) is 11.3 Å². The number of hydrogen-bond acceptors (Lipinski definition) is 6. The Balaban J connectivity index is 1.83. The van der Waals surface area contributed by atoms with E-state index in [2.05, 4.69) is 50.9 Å². The molecule has 0 saturated heterocycles. The summed E-state index contributed by atoms with van der Waals surface area (Å²) >= 11 is 3.15. The molecular weight excluding hydrogens is 376 g/mol. The van der Waals surface area contributed by atoms with Gasteiger partial charge in [-0.25, -0.2) is 9.97 Å². The average Bonchev–Trinajstić information content (AvgIpc) is 3.26. The van der Waals surface area contributed by atoms with Gasteiger partial charge >= 0.3 is 0 Å². The van der Waals surface area contributed by atoms with Gasteiger partial charge in [-0.05, 0) is 61.8 Å². The van der Waals surface area contributed by atoms with Crippen molar-refractivity contribution in [1.29, 1.82) is 0 Å². The second-order valence-electron chi connectivity index (χ2n) is 6.60. The van der Waals surface area contributed by atoms with Crippen LogP contribution in [-0.4, -0.2) is 40.4 Å². The highest BCUT2D eigenvalue weighted by atomic mass is 32.1. The highest BCUT2D eigenvalue weighted by Gasteiger charge is 2.22. The van der Waals surface area contributed by atoms with E-state index in [0.29, 0.717) is 6.54 Å². The second-order valence-corrected chi connectivity index (χ2v) is 8.38. The Morgan fingerprint density at radius 1 is 1.22 bits per heavy atom. The standard InChI is InChI=1S/C20H26N4OS2/c1-6-24(7-2)16(15-8-9-26-11-15)10-21-19(25)18-12(3)17-13(4)22-14(5)23-20(17)27-18/h8-9,11,16H,6-7,10H2,1-5H3,(H,21,25). The quantitative estimate of drug-likeness (QED) is 0.632. The number of hydrogen-bond donors (Lipinski definition) is 1. The highest BCUT2D eigenvalue weighted by Crippen LogP contribution is 2.31. The molecule has 1 N–H and O–H groups in total. The average molecular weight is 403 g/mol. The molecule has 0 bridgehead atoms. The van der Waals surface area contributed by atoms with Gasteiger partial charge < -0.3 is 5.32 Å². The van der Waals surface area contributed by atoms with Crippen LogP contribution in [0.4, 0.5) is 0 Å². The molecule has 1 unspecified atom stereocenters. The third-order valence-electron chi connectivity index (χ3n) is 4.93. The van der Waals surface area contributed by atoms with Crippen LogP contribution >= 0.6 is 22.7 Å². The Labute approximate surface area is 168 Å². The fourth-order valence-corrected chi connectivity index (χ4v) is 5.45. The van der Waals surface area contributed by atoms with Gasteiger partial charge in [0.15, 0.2) is 0 Å². The second kappa shape index (κ2) is 8.46. The monoisotopic (exact) mass is 402 g/mol. The van der Waals surface area contributed by atoms with Gasteiger partial charge in [-0.15, -0.1) is 11.3 Å². The van der Waals surface area contributed by atoms with E-state index < -0.39 is 0 Å². The third kappa shape index (κ3) is 4.05. The molecule has 144 valence electrons. The SMILES string of the molecule is CCN(CC)C(CNC(=O)c1sc2nc(C)nc(C)c2c1C)c1ccsc1. The smallest absolute Gasteiger partial charge is 0.261 e. The summed E-state index contributed by atoms with van der Waals surface area (Å²) in [7, 11) is 0. The molecule has 0 aliphatic heterocycles. The van der Waals surface area contributed by atoms with Crippen LogP contribution in [0, 0.1) is 20.8 Å². The maximum atomic E-state index is 12.9. The lowest BCUT2D eigenvalue weighted by Gasteiger charge is -2.29. The summed E-state index contributed by atoms with van der Waals surface area (Å²) in [4.78, 5) is 25.9. The molecule has 7 heteroatoms. The summed E-state index contributed by atoms with van der Waals surface area (Å²) < 4.78 is 0. The predicted octanol–water partition coefficient (Wildman–Crippen LogP) is 4.49. The molecule has 1 amide bonds. The number of carbonyl (C=O) groups excluding carboxylic acids is 1. The summed E-state index contributed by atoms with van der Waals surface area (Å²) in [5.41, 5.74) is 3.17. The van der Waals surface area contributed by atoms with Crippen LogP contribution in [0.2, 0.25) is 0 Å². The lowest BCUT2D eigenvalue weighted by atomic mass is 10.1. The number of aromatic nitrogens is 2. The number of rotatable bonds is 7. The van der Waals surface area contributed by atoms with E-state index in [4.69, 9.17) is 0 Å². The maximum Gasteiger partial charge on any atom is 0.261 e. The van der Waals surface area contributed by atoms with Crippen LogP contribution in [0.1, 0.15) is 52.2 Å². The van der Waals surface area contributed by atoms with Crippen molar-refractivity contribution in [1.82, 2.24) is 20.2 Å². The van der Waals surface area contributed by atoms with Crippen LogP contribution in [0.25, 0.3) is 10.2 Å². The highest BCUT2D eigenvalue weighted by molar-refractivity contribution is 7.20. The summed E-state index contributed by atoms with van der Waals surface area (Å²) in [6.45, 7) is 12.7. The summed E-state index contributed by atoms with van der Waals surface area (Å²) in [5.74, 6) is 0.715. The van der Waals surface area contributed by atoms with E-state index in [1.54, 1.807) is 11.3 Å². The molecule has 1 atom stereocenters. The van der Waals surface area contributed by atoms with Crippen LogP contribution in [0.15, 0.2) is 16.8 Å². The summed E-state index contributed by atoms with van der Waals surface area (Å²) in [6.07, 6.45) is 0. The minimum atomic E-state index is -0.0278. The molecular formula is C20H26N4OS2. The fourth-order valence-electron chi connectivity index (χ4n) is 3.55. The van der Waals surface area contributed by atoms with Gasteiger partial charge in [0, 0.05) is 17.6 Å². The summed E-state index contributed by atoms with van der Waals surface area (Å²) in [6, 6.07) is 2.33. The van der Waals surface area contributed by atoms with Gasteiger partial charge in [0.05, 0.1) is 10.9 Å². The molecule has 3 aromatic heterocycles. The third-order valence-corrected chi connectivity index (χ3v) is 6.81. The molecule has 0 fully saturated rings. The molecule has 0 saturated carbocycles. The van der Waals surface area contributed by atoms with Gasteiger partial charge in [-0.3, -0.25) is 9.69 Å². The minimum absolute atomic E-state index is 0.0278. The fraction of sp³-hybridized carbons (Fsp3) is 0.450. The van der Waals surface area contributed by atoms with E-state index in [9.17, 15) is 4.79 Å². The Kier molecular flexibility index (Phi) is 6.24. The van der Waals surface area contributed by atoms with E-state index in [0.717, 1.165) is 45.3 Å². The van der Waals surface area contributed by atoms with Crippen LogP contribution in [0.3, 0.4) is 0 Å². The lowest BCUT2D eigenvalue weighted by molar-refractivity contribution is 0.0938. The first kappa shape index (κ1) is 19.9. The van der Waals surface area contributed by atoms with Crippen molar-refractivity contribution in [2.24, 2.45) is 0 Å². The molecule has 3 rings (SSSR count). The van der Waals surface area contributed by atoms with Crippen molar-refractivity contribution < 1.29 is 4.79 Å². The topological polar surface area (TPSA) is 58.1 Å². The molecule has 0 aliphatic carbocycles. The van der Waals surface area contributed by atoms with Crippen LogP contribution in [-0.2, 0) is 0 Å². The Morgan fingerprint density at radius 2 is 1.96 bits per heavy atom. The number of likely N-dealkylation sites (N-methyl/N-ethyl adjacent to an activating group) is 1. The molecule has 0 aromatic carbocycles. The zero-order chi connectivity index (χ0) is 19.6. The number of fused-ring (bicyclic) bond motifs is 1. The van der Waals surface area contributed by atoms with E-state index in [1.807, 2.05) is 20.8 Å². The minimum Gasteiger partial charge on any atom is -0.349 e. The maximum absolute atomic E-state index is 12.9. The van der Waals surface area contributed by atoms with Crippen molar-refractivity contribution in [3.05, 3.63) is 44.3 Å². The normalized spacial score (nSPS) is 12.7. The molecule has 5 nitrogen and oxygen atoms in total. The van der Waals surface area contributed by atoms with Gasteiger partial charge in [0.1, 0.15) is 10.7 Å². The van der Waals surface area contributed by atoms with Crippen molar-refractivity contribution in [3.63, 3.8) is 0 Å². The van der Waals surface area contributed by atoms with Crippen LogP contribution < -0.4 is 5.32 Å². The zero-order valence-electron chi connectivity index (χ0n) is 16.5. The first-order chi connectivity index (χ1) is 13.0. The van der Waals surface area contributed by atoms with Crippen molar-refractivity contribution in [2.45, 2.75) is 40.7 Å². The number of aryl methyl sites for hydroxylation is 3. The van der Waals surface area contributed by atoms with E-state index in [1.165, 1.54) is 16.9 Å². The zero-order valence-corrected chi connectivity index (χ0v) is 18.1. The molecule has 3 aromatic rings. The number of nitrogens with zero attached hydrogens (tertiary/aromatic N) is 3. The van der Waals surface area contributed by atoms with E-state index in [-0.39, 0.29) is 11.9 Å². The molecule has 27 heavy (non-hydrogen) atoms. The van der Waals surface area contributed by atoms with Crippen molar-refractivity contribution >= 4 is 38.8 Å². The first-order valence-corrected chi connectivity index (χ1v) is 11.0. The van der Waals surface area contributed by atoms with Gasteiger partial charge in [0.2, 0.25) is 0 Å². The first-order valence-electron chi connectivity index (χ1n) is 9.24. The molecule has 0 spiro atoms. The molecule has 3 heterocycles. The lowest BCUT2D eigenvalue weighted by Crippen LogP contribution is -2.37. The van der Waals surface area contributed by atoms with Gasteiger partial charge in [-0.1, -0.05) is 13.8 Å². The Morgan fingerprint density at radius 3 is 2.59 bits per heavy atom. The number of thiophene rings is 2. The predicted molar refractivity (Wildman–Crippen MR) is 114 cm³/mol.